The SMILES string of the molecule is COc1ccccc1CCCCNS(=O)(=O)Cc1ccc(F)cc1. The fourth-order valence-corrected chi connectivity index (χ4v) is 3.62. The van der Waals surface area contributed by atoms with Crippen LogP contribution in [0.25, 0.3) is 0 Å². The summed E-state index contributed by atoms with van der Waals surface area (Å²) in [5, 5.41) is 0. The highest BCUT2D eigenvalue weighted by atomic mass is 32.2. The van der Waals surface area contributed by atoms with E-state index in [0.717, 1.165) is 30.6 Å². The lowest BCUT2D eigenvalue weighted by molar-refractivity contribution is 0.409. The quantitative estimate of drug-likeness (QED) is 0.706. The van der Waals surface area contributed by atoms with Crippen LogP contribution in [0.1, 0.15) is 24.0 Å². The van der Waals surface area contributed by atoms with Gasteiger partial charge in [0.05, 0.1) is 12.9 Å². The van der Waals surface area contributed by atoms with Crippen molar-refractivity contribution in [2.45, 2.75) is 25.0 Å². The molecule has 0 amide bonds. The largest absolute Gasteiger partial charge is 0.496 e. The van der Waals surface area contributed by atoms with Crippen molar-refractivity contribution in [1.29, 1.82) is 0 Å². The molecule has 0 radical (unpaired) electrons. The Bertz CT molecular complexity index is 745. The summed E-state index contributed by atoms with van der Waals surface area (Å²) in [6, 6.07) is 13.3. The number of para-hydroxylation sites is 1. The minimum absolute atomic E-state index is 0.139. The van der Waals surface area contributed by atoms with Crippen molar-refractivity contribution in [1.82, 2.24) is 4.72 Å². The lowest BCUT2D eigenvalue weighted by Gasteiger charge is -2.09. The van der Waals surface area contributed by atoms with Crippen molar-refractivity contribution in [3.8, 4) is 5.75 Å². The molecule has 0 spiro atoms. The second-order valence-electron chi connectivity index (χ2n) is 5.55. The maximum Gasteiger partial charge on any atom is 0.215 e. The van der Waals surface area contributed by atoms with Crippen LogP contribution in [-0.2, 0) is 22.2 Å². The number of ether oxygens (including phenoxy) is 1. The third-order valence-corrected chi connectivity index (χ3v) is 5.01. The molecule has 2 aromatic carbocycles. The molecule has 0 aromatic heterocycles. The molecule has 0 unspecified atom stereocenters. The number of methoxy groups -OCH3 is 1. The van der Waals surface area contributed by atoms with Crippen LogP contribution in [0.4, 0.5) is 4.39 Å². The number of unbranched alkanes of at least 4 members (excludes halogenated alkanes) is 1. The van der Waals surface area contributed by atoms with Crippen molar-refractivity contribution in [2.24, 2.45) is 0 Å². The number of aryl methyl sites for hydroxylation is 1. The second kappa shape index (κ2) is 8.80. The van der Waals surface area contributed by atoms with Gasteiger partial charge in [0.1, 0.15) is 11.6 Å². The summed E-state index contributed by atoms with van der Waals surface area (Å²) < 4.78 is 44.7. The molecule has 1 N–H and O–H groups in total. The summed E-state index contributed by atoms with van der Waals surface area (Å²) in [6.07, 6.45) is 2.43. The molecule has 4 nitrogen and oxygen atoms in total. The van der Waals surface area contributed by atoms with Crippen LogP contribution in [0.15, 0.2) is 48.5 Å². The van der Waals surface area contributed by atoms with Gasteiger partial charge in [-0.3, -0.25) is 0 Å². The van der Waals surface area contributed by atoms with E-state index in [2.05, 4.69) is 4.72 Å². The summed E-state index contributed by atoms with van der Waals surface area (Å²) >= 11 is 0. The van der Waals surface area contributed by atoms with Crippen LogP contribution >= 0.6 is 0 Å². The van der Waals surface area contributed by atoms with Crippen molar-refractivity contribution < 1.29 is 17.5 Å². The van der Waals surface area contributed by atoms with E-state index in [0.29, 0.717) is 12.1 Å². The van der Waals surface area contributed by atoms with E-state index in [9.17, 15) is 12.8 Å². The Balaban J connectivity index is 1.74. The zero-order valence-electron chi connectivity index (χ0n) is 13.7. The van der Waals surface area contributed by atoms with Crippen LogP contribution in [0.3, 0.4) is 0 Å². The summed E-state index contributed by atoms with van der Waals surface area (Å²) in [6.45, 7) is 0.388. The smallest absolute Gasteiger partial charge is 0.215 e. The summed E-state index contributed by atoms with van der Waals surface area (Å²) in [5.41, 5.74) is 1.69. The van der Waals surface area contributed by atoms with Gasteiger partial charge >= 0.3 is 0 Å². The van der Waals surface area contributed by atoms with Gasteiger partial charge in [-0.25, -0.2) is 17.5 Å². The third kappa shape index (κ3) is 5.94. The van der Waals surface area contributed by atoms with Crippen molar-refractivity contribution in [2.75, 3.05) is 13.7 Å². The number of sulfonamides is 1. The molecule has 2 aromatic rings. The highest BCUT2D eigenvalue weighted by Gasteiger charge is 2.11. The van der Waals surface area contributed by atoms with E-state index in [1.165, 1.54) is 24.3 Å². The fraction of sp³-hybridized carbons (Fsp3) is 0.333. The van der Waals surface area contributed by atoms with E-state index in [-0.39, 0.29) is 11.6 Å². The molecular formula is C18H22FNO3S. The van der Waals surface area contributed by atoms with Crippen LogP contribution in [0.5, 0.6) is 5.75 Å². The molecule has 130 valence electrons. The molecular weight excluding hydrogens is 329 g/mol. The predicted octanol–water partition coefficient (Wildman–Crippen LogP) is 3.28. The first kappa shape index (κ1) is 18.4. The van der Waals surface area contributed by atoms with E-state index in [1.54, 1.807) is 7.11 Å². The average Bonchev–Trinajstić information content (AvgIpc) is 2.57. The summed E-state index contributed by atoms with van der Waals surface area (Å²) in [7, 11) is -1.76. The number of halogens is 1. The molecule has 0 aliphatic heterocycles. The van der Waals surface area contributed by atoms with E-state index in [4.69, 9.17) is 4.74 Å². The third-order valence-electron chi connectivity index (χ3n) is 3.66. The van der Waals surface area contributed by atoms with Gasteiger partial charge in [0.25, 0.3) is 0 Å². The first-order chi connectivity index (χ1) is 11.5. The van der Waals surface area contributed by atoms with Crippen LogP contribution in [0.2, 0.25) is 0 Å². The van der Waals surface area contributed by atoms with Gasteiger partial charge in [-0.1, -0.05) is 30.3 Å². The van der Waals surface area contributed by atoms with Crippen molar-refractivity contribution >= 4 is 10.0 Å². The Hall–Kier alpha value is -1.92. The molecule has 0 aliphatic rings. The Labute approximate surface area is 142 Å². The molecule has 0 saturated carbocycles. The zero-order chi connectivity index (χ0) is 17.4. The highest BCUT2D eigenvalue weighted by Crippen LogP contribution is 2.19. The first-order valence-corrected chi connectivity index (χ1v) is 9.49. The monoisotopic (exact) mass is 351 g/mol. The minimum Gasteiger partial charge on any atom is -0.496 e. The number of nitrogens with one attached hydrogen (secondary N) is 1. The van der Waals surface area contributed by atoms with Gasteiger partial charge in [-0.15, -0.1) is 0 Å². The number of rotatable bonds is 9. The first-order valence-electron chi connectivity index (χ1n) is 7.84. The van der Waals surface area contributed by atoms with Gasteiger partial charge in [0.2, 0.25) is 10.0 Å². The van der Waals surface area contributed by atoms with Crippen molar-refractivity contribution in [3.05, 3.63) is 65.5 Å². The minimum atomic E-state index is -3.40. The van der Waals surface area contributed by atoms with E-state index < -0.39 is 10.0 Å². The number of hydrogen-bond donors (Lipinski definition) is 1. The molecule has 24 heavy (non-hydrogen) atoms. The summed E-state index contributed by atoms with van der Waals surface area (Å²) in [5.74, 6) is 0.342. The molecule has 0 bridgehead atoms. The molecule has 0 saturated heterocycles. The topological polar surface area (TPSA) is 55.4 Å². The lowest BCUT2D eigenvalue weighted by Crippen LogP contribution is -2.26. The van der Waals surface area contributed by atoms with Crippen LogP contribution in [0, 0.1) is 5.82 Å². The average molecular weight is 351 g/mol. The number of hydrogen-bond acceptors (Lipinski definition) is 3. The molecule has 0 fully saturated rings. The Morgan fingerprint density at radius 1 is 1.04 bits per heavy atom. The standard InChI is InChI=1S/C18H22FNO3S/c1-23-18-8-3-2-6-16(18)7-4-5-13-20-24(21,22)14-15-9-11-17(19)12-10-15/h2-3,6,8-12,20H,4-5,7,13-14H2,1H3. The fourth-order valence-electron chi connectivity index (χ4n) is 2.43. The predicted molar refractivity (Wildman–Crippen MR) is 93.0 cm³/mol. The van der Waals surface area contributed by atoms with E-state index in [1.807, 2.05) is 24.3 Å². The highest BCUT2D eigenvalue weighted by molar-refractivity contribution is 7.88. The summed E-state index contributed by atoms with van der Waals surface area (Å²) in [4.78, 5) is 0. The van der Waals surface area contributed by atoms with Crippen LogP contribution < -0.4 is 9.46 Å². The molecule has 0 aliphatic carbocycles. The van der Waals surface area contributed by atoms with Gasteiger partial charge in [-0.2, -0.15) is 0 Å². The molecule has 2 rings (SSSR count). The molecule has 0 heterocycles. The van der Waals surface area contributed by atoms with Crippen LogP contribution in [-0.4, -0.2) is 22.1 Å². The van der Waals surface area contributed by atoms with Crippen molar-refractivity contribution in [3.63, 3.8) is 0 Å². The normalized spacial score (nSPS) is 11.4. The van der Waals surface area contributed by atoms with E-state index >= 15 is 0 Å². The molecule has 0 atom stereocenters. The number of benzene rings is 2. The van der Waals surface area contributed by atoms with Gasteiger partial charge < -0.3 is 4.74 Å². The van der Waals surface area contributed by atoms with Gasteiger partial charge in [0.15, 0.2) is 0 Å². The van der Waals surface area contributed by atoms with Gasteiger partial charge in [0, 0.05) is 6.54 Å². The Morgan fingerprint density at radius 2 is 1.75 bits per heavy atom. The Kier molecular flexibility index (Phi) is 6.75. The maximum atomic E-state index is 12.8. The second-order valence-corrected chi connectivity index (χ2v) is 7.36. The lowest BCUT2D eigenvalue weighted by atomic mass is 10.1. The van der Waals surface area contributed by atoms with Gasteiger partial charge in [-0.05, 0) is 48.6 Å². The zero-order valence-corrected chi connectivity index (χ0v) is 14.5. The Morgan fingerprint density at radius 3 is 2.46 bits per heavy atom. The maximum absolute atomic E-state index is 12.8. The molecule has 6 heteroatoms.